The third kappa shape index (κ3) is 4.43. The van der Waals surface area contributed by atoms with Gasteiger partial charge in [0.2, 0.25) is 11.8 Å². The lowest BCUT2D eigenvalue weighted by molar-refractivity contribution is -0.136. The lowest BCUT2D eigenvalue weighted by Gasteiger charge is -2.23. The van der Waals surface area contributed by atoms with Crippen molar-refractivity contribution < 1.29 is 14.1 Å². The van der Waals surface area contributed by atoms with Crippen molar-refractivity contribution in [3.8, 4) is 0 Å². The van der Waals surface area contributed by atoms with Crippen LogP contribution in [0.4, 0.5) is 5.82 Å². The van der Waals surface area contributed by atoms with E-state index in [0.29, 0.717) is 31.0 Å². The Hall–Kier alpha value is -2.70. The minimum Gasteiger partial charge on any atom is -0.360 e. The zero-order chi connectivity index (χ0) is 17.6. The second-order valence-electron chi connectivity index (χ2n) is 6.27. The highest BCUT2D eigenvalue weighted by molar-refractivity contribution is 5.96. The molecule has 3 heterocycles. The van der Waals surface area contributed by atoms with E-state index in [4.69, 9.17) is 4.52 Å². The van der Waals surface area contributed by atoms with Crippen LogP contribution in [0.2, 0.25) is 0 Å². The molecule has 1 unspecified atom stereocenters. The number of nitrogens with zero attached hydrogens (tertiary/aromatic N) is 3. The smallest absolute Gasteiger partial charge is 0.248 e. The highest BCUT2D eigenvalue weighted by atomic mass is 16.5. The van der Waals surface area contributed by atoms with Crippen LogP contribution in [-0.4, -0.2) is 39.4 Å². The quantitative estimate of drug-likeness (QED) is 0.870. The minimum atomic E-state index is -0.428. The summed E-state index contributed by atoms with van der Waals surface area (Å²) in [5.41, 5.74) is 1.12. The molecule has 0 radical (unpaired) electrons. The van der Waals surface area contributed by atoms with Crippen LogP contribution < -0.4 is 5.32 Å². The average molecular weight is 342 g/mol. The number of aryl methyl sites for hydroxylation is 2. The molecule has 3 rings (SSSR count). The van der Waals surface area contributed by atoms with Crippen LogP contribution in [0.5, 0.6) is 0 Å². The van der Waals surface area contributed by atoms with Gasteiger partial charge in [0.25, 0.3) is 0 Å². The largest absolute Gasteiger partial charge is 0.360 e. The van der Waals surface area contributed by atoms with E-state index in [0.717, 1.165) is 24.8 Å². The van der Waals surface area contributed by atoms with Crippen molar-refractivity contribution in [3.05, 3.63) is 41.9 Å². The molecule has 0 bridgehead atoms. The second-order valence-corrected chi connectivity index (χ2v) is 6.27. The van der Waals surface area contributed by atoms with Gasteiger partial charge in [-0.2, -0.15) is 0 Å². The summed E-state index contributed by atoms with van der Waals surface area (Å²) in [6.45, 7) is 2.39. The predicted octanol–water partition coefficient (Wildman–Crippen LogP) is 2.33. The highest BCUT2D eigenvalue weighted by Crippen LogP contribution is 2.21. The molecule has 2 aromatic heterocycles. The van der Waals surface area contributed by atoms with Crippen molar-refractivity contribution in [2.24, 2.45) is 0 Å². The molecular formula is C18H22N4O3. The number of nitrogens with one attached hydrogen (secondary N) is 1. The van der Waals surface area contributed by atoms with E-state index in [9.17, 15) is 9.59 Å². The van der Waals surface area contributed by atoms with Crippen LogP contribution >= 0.6 is 0 Å². The molecule has 1 N–H and O–H groups in total. The van der Waals surface area contributed by atoms with Crippen LogP contribution in [-0.2, 0) is 16.0 Å². The van der Waals surface area contributed by atoms with Gasteiger partial charge in [-0.05, 0) is 44.2 Å². The van der Waals surface area contributed by atoms with Gasteiger partial charge < -0.3 is 14.7 Å². The lowest BCUT2D eigenvalue weighted by atomic mass is 10.1. The summed E-state index contributed by atoms with van der Waals surface area (Å²) in [6.07, 6.45) is 7.05. The predicted molar refractivity (Wildman–Crippen MR) is 91.8 cm³/mol. The fourth-order valence-corrected chi connectivity index (χ4v) is 3.11. The van der Waals surface area contributed by atoms with E-state index in [1.807, 2.05) is 18.3 Å². The molecule has 2 amide bonds. The number of aromatic nitrogens is 2. The van der Waals surface area contributed by atoms with E-state index in [1.54, 1.807) is 24.1 Å². The summed E-state index contributed by atoms with van der Waals surface area (Å²) in [5, 5.41) is 6.49. The number of carbonyl (C=O) groups is 2. The van der Waals surface area contributed by atoms with Crippen LogP contribution in [0.15, 0.2) is 35.1 Å². The van der Waals surface area contributed by atoms with E-state index in [-0.39, 0.29) is 11.8 Å². The van der Waals surface area contributed by atoms with Crippen LogP contribution in [0.1, 0.15) is 37.0 Å². The molecule has 132 valence electrons. The summed E-state index contributed by atoms with van der Waals surface area (Å²) in [5.74, 6) is 0.840. The number of rotatable bonds is 6. The maximum absolute atomic E-state index is 12.5. The first-order chi connectivity index (χ1) is 12.1. The topological polar surface area (TPSA) is 88.3 Å². The molecule has 2 aromatic rings. The van der Waals surface area contributed by atoms with Crippen molar-refractivity contribution in [1.82, 2.24) is 15.0 Å². The van der Waals surface area contributed by atoms with Crippen LogP contribution in [0.25, 0.3) is 0 Å². The third-order valence-corrected chi connectivity index (χ3v) is 4.33. The molecule has 1 aliphatic rings. The summed E-state index contributed by atoms with van der Waals surface area (Å²) in [6, 6.07) is 5.13. The molecule has 1 atom stereocenters. The van der Waals surface area contributed by atoms with Gasteiger partial charge >= 0.3 is 0 Å². The number of anilines is 1. The molecule has 1 fully saturated rings. The normalized spacial score (nSPS) is 16.8. The zero-order valence-corrected chi connectivity index (χ0v) is 14.3. The fraction of sp³-hybridized carbons (Fsp3) is 0.444. The highest BCUT2D eigenvalue weighted by Gasteiger charge is 2.33. The Labute approximate surface area is 146 Å². The molecular weight excluding hydrogens is 320 g/mol. The molecule has 1 aliphatic heterocycles. The Bertz CT molecular complexity index is 729. The van der Waals surface area contributed by atoms with Gasteiger partial charge in [0.15, 0.2) is 5.82 Å². The lowest BCUT2D eigenvalue weighted by Crippen LogP contribution is -2.43. The van der Waals surface area contributed by atoms with Gasteiger partial charge in [-0.25, -0.2) is 0 Å². The van der Waals surface area contributed by atoms with Crippen molar-refractivity contribution >= 4 is 17.6 Å². The number of carbonyl (C=O) groups excluding carboxylic acids is 2. The van der Waals surface area contributed by atoms with Gasteiger partial charge in [-0.15, -0.1) is 0 Å². The third-order valence-electron chi connectivity index (χ3n) is 4.33. The molecule has 0 aliphatic carbocycles. The number of pyridine rings is 1. The Kier molecular flexibility index (Phi) is 5.42. The minimum absolute atomic E-state index is 0.0258. The summed E-state index contributed by atoms with van der Waals surface area (Å²) in [4.78, 5) is 30.7. The number of likely N-dealkylation sites (tertiary alicyclic amines) is 1. The first kappa shape index (κ1) is 17.1. The molecule has 0 spiro atoms. The number of hydrogen-bond donors (Lipinski definition) is 1. The van der Waals surface area contributed by atoms with Crippen molar-refractivity contribution in [1.29, 1.82) is 0 Å². The first-order valence-corrected chi connectivity index (χ1v) is 8.56. The Morgan fingerprint density at radius 2 is 2.32 bits per heavy atom. The molecule has 0 saturated carbocycles. The summed E-state index contributed by atoms with van der Waals surface area (Å²) >= 11 is 0. The number of hydrogen-bond acceptors (Lipinski definition) is 5. The standard InChI is InChI=1S/C18H22N4O3/c1-13-11-16(21-25-13)20-18(24)15-7-4-10-22(15)17(23)8-2-5-14-6-3-9-19-12-14/h3,6,9,11-12,15H,2,4-5,7-8,10H2,1H3,(H,20,21,24). The van der Waals surface area contributed by atoms with Crippen molar-refractivity contribution in [2.45, 2.75) is 45.1 Å². The Morgan fingerprint density at radius 3 is 3.04 bits per heavy atom. The summed E-state index contributed by atoms with van der Waals surface area (Å²) < 4.78 is 4.95. The van der Waals surface area contributed by atoms with E-state index in [2.05, 4.69) is 15.5 Å². The summed E-state index contributed by atoms with van der Waals surface area (Å²) in [7, 11) is 0. The van der Waals surface area contributed by atoms with E-state index >= 15 is 0 Å². The molecule has 7 heteroatoms. The molecule has 0 aromatic carbocycles. The average Bonchev–Trinajstić information content (AvgIpc) is 3.25. The van der Waals surface area contributed by atoms with Crippen molar-refractivity contribution in [2.75, 3.05) is 11.9 Å². The maximum Gasteiger partial charge on any atom is 0.248 e. The number of amides is 2. The maximum atomic E-state index is 12.5. The molecule has 25 heavy (non-hydrogen) atoms. The van der Waals surface area contributed by atoms with Crippen LogP contribution in [0.3, 0.4) is 0 Å². The van der Waals surface area contributed by atoms with Gasteiger partial charge in [-0.1, -0.05) is 11.2 Å². The zero-order valence-electron chi connectivity index (χ0n) is 14.3. The Morgan fingerprint density at radius 1 is 1.44 bits per heavy atom. The first-order valence-electron chi connectivity index (χ1n) is 8.56. The fourth-order valence-electron chi connectivity index (χ4n) is 3.11. The SMILES string of the molecule is Cc1cc(NC(=O)C2CCCN2C(=O)CCCc2cccnc2)no1. The van der Waals surface area contributed by atoms with Crippen LogP contribution in [0, 0.1) is 6.92 Å². The van der Waals surface area contributed by atoms with E-state index < -0.39 is 6.04 Å². The Balaban J connectivity index is 1.51. The van der Waals surface area contributed by atoms with Gasteiger partial charge in [0.1, 0.15) is 11.8 Å². The monoisotopic (exact) mass is 342 g/mol. The second kappa shape index (κ2) is 7.92. The van der Waals surface area contributed by atoms with E-state index in [1.165, 1.54) is 0 Å². The van der Waals surface area contributed by atoms with Gasteiger partial charge in [-0.3, -0.25) is 14.6 Å². The van der Waals surface area contributed by atoms with Crippen molar-refractivity contribution in [3.63, 3.8) is 0 Å². The van der Waals surface area contributed by atoms with Gasteiger partial charge in [0.05, 0.1) is 0 Å². The molecule has 1 saturated heterocycles. The van der Waals surface area contributed by atoms with Gasteiger partial charge in [0, 0.05) is 31.4 Å². The molecule has 7 nitrogen and oxygen atoms in total.